The maximum atomic E-state index is 12.0. The minimum absolute atomic E-state index is 0.0161. The van der Waals surface area contributed by atoms with Crippen molar-refractivity contribution in [1.29, 1.82) is 0 Å². The van der Waals surface area contributed by atoms with E-state index in [1.54, 1.807) is 31.4 Å². The first kappa shape index (κ1) is 20.2. The van der Waals surface area contributed by atoms with Gasteiger partial charge in [0.1, 0.15) is 0 Å². The first-order chi connectivity index (χ1) is 13.9. The van der Waals surface area contributed by atoms with E-state index in [0.29, 0.717) is 17.8 Å². The van der Waals surface area contributed by atoms with E-state index in [1.807, 2.05) is 6.08 Å². The zero-order valence-electron chi connectivity index (χ0n) is 18.4. The summed E-state index contributed by atoms with van der Waals surface area (Å²) in [4.78, 5) is 0. The first-order valence-corrected chi connectivity index (χ1v) is 11.7. The van der Waals surface area contributed by atoms with Crippen molar-refractivity contribution in [2.45, 2.75) is 82.5 Å². The van der Waals surface area contributed by atoms with Crippen LogP contribution in [0.15, 0.2) is 23.3 Å². The number of hydrogen-bond donors (Lipinski definition) is 2. The van der Waals surface area contributed by atoms with Crippen molar-refractivity contribution in [1.82, 2.24) is 0 Å². The fraction of sp³-hybridized carbons (Fsp3) is 0.840. The lowest BCUT2D eigenvalue weighted by molar-refractivity contribution is -0.213. The quantitative estimate of drug-likeness (QED) is 0.542. The van der Waals surface area contributed by atoms with Crippen LogP contribution in [0.3, 0.4) is 0 Å². The van der Waals surface area contributed by atoms with E-state index in [4.69, 9.17) is 9.47 Å². The molecule has 5 rings (SSSR count). The van der Waals surface area contributed by atoms with Gasteiger partial charge in [0.25, 0.3) is 0 Å². The largest absolute Gasteiger partial charge is 0.392 e. The number of rotatable bonds is 4. The molecule has 5 aliphatic rings. The number of ether oxygens (including phenoxy) is 2. The molecule has 0 aliphatic heterocycles. The summed E-state index contributed by atoms with van der Waals surface area (Å²) in [7, 11) is 3.56. The zero-order chi connectivity index (χ0) is 20.5. The zero-order valence-corrected chi connectivity index (χ0v) is 18.4. The van der Waals surface area contributed by atoms with Crippen molar-refractivity contribution in [3.8, 4) is 0 Å². The molecule has 4 nitrogen and oxygen atoms in total. The molecule has 0 unspecified atom stereocenters. The van der Waals surface area contributed by atoms with Crippen LogP contribution in [0.25, 0.3) is 0 Å². The van der Waals surface area contributed by atoms with Gasteiger partial charge in [0, 0.05) is 37.9 Å². The molecule has 4 heteroatoms. The number of fused-ring (bicyclic) bond motifs is 4. The molecular formula is C25H38O4. The summed E-state index contributed by atoms with van der Waals surface area (Å²) in [5, 5.41) is 21.4. The van der Waals surface area contributed by atoms with Gasteiger partial charge in [-0.3, -0.25) is 0 Å². The maximum absolute atomic E-state index is 12.0. The van der Waals surface area contributed by atoms with Gasteiger partial charge in [0.2, 0.25) is 0 Å². The van der Waals surface area contributed by atoms with Gasteiger partial charge in [-0.15, -0.1) is 0 Å². The Bertz CT molecular complexity index is 731. The summed E-state index contributed by atoms with van der Waals surface area (Å²) in [6.45, 7) is 2.37. The molecule has 0 aromatic carbocycles. The number of allylic oxidation sites excluding steroid dienone is 1. The van der Waals surface area contributed by atoms with Crippen LogP contribution in [0, 0.1) is 28.6 Å². The van der Waals surface area contributed by atoms with E-state index in [2.05, 4.69) is 6.92 Å². The van der Waals surface area contributed by atoms with Crippen LogP contribution in [-0.4, -0.2) is 42.4 Å². The van der Waals surface area contributed by atoms with E-state index < -0.39 is 11.4 Å². The molecule has 0 heterocycles. The van der Waals surface area contributed by atoms with Gasteiger partial charge in [0.05, 0.1) is 12.2 Å². The lowest BCUT2D eigenvalue weighted by Gasteiger charge is -2.54. The third kappa shape index (κ3) is 2.58. The van der Waals surface area contributed by atoms with Gasteiger partial charge in [-0.05, 0) is 69.1 Å². The minimum Gasteiger partial charge on any atom is -0.392 e. The van der Waals surface area contributed by atoms with Crippen LogP contribution < -0.4 is 0 Å². The molecule has 5 atom stereocenters. The average Bonchev–Trinajstić information content (AvgIpc) is 3.50. The lowest BCUT2D eigenvalue weighted by Crippen LogP contribution is -2.53. The Hall–Kier alpha value is -0.680. The van der Waals surface area contributed by atoms with Crippen LogP contribution >= 0.6 is 0 Å². The van der Waals surface area contributed by atoms with Gasteiger partial charge in [0.15, 0.2) is 5.79 Å². The van der Waals surface area contributed by atoms with E-state index in [1.165, 1.54) is 19.3 Å². The molecule has 2 N–H and O–H groups in total. The Morgan fingerprint density at radius 2 is 1.83 bits per heavy atom. The van der Waals surface area contributed by atoms with Crippen molar-refractivity contribution in [3.63, 3.8) is 0 Å². The smallest absolute Gasteiger partial charge is 0.171 e. The lowest BCUT2D eigenvalue weighted by atomic mass is 9.52. The molecule has 5 aliphatic carbocycles. The highest BCUT2D eigenvalue weighted by atomic mass is 16.7. The summed E-state index contributed by atoms with van der Waals surface area (Å²) in [5.41, 5.74) is 2.56. The summed E-state index contributed by atoms with van der Waals surface area (Å²) in [5.74, 6) is 1.54. The van der Waals surface area contributed by atoms with Crippen LogP contribution in [0.4, 0.5) is 0 Å². The van der Waals surface area contributed by atoms with Gasteiger partial charge < -0.3 is 19.7 Å². The maximum Gasteiger partial charge on any atom is 0.171 e. The topological polar surface area (TPSA) is 58.9 Å². The number of hydrogen-bond acceptors (Lipinski definition) is 4. The summed E-state index contributed by atoms with van der Waals surface area (Å²) in [6, 6.07) is 0. The second kappa shape index (κ2) is 6.66. The fourth-order valence-corrected chi connectivity index (χ4v) is 8.30. The van der Waals surface area contributed by atoms with Crippen LogP contribution in [0.1, 0.15) is 71.1 Å². The first-order valence-electron chi connectivity index (χ1n) is 11.7. The molecule has 0 bridgehead atoms. The fourth-order valence-electron chi connectivity index (χ4n) is 8.30. The number of aliphatic hydroxyl groups is 2. The molecule has 0 saturated heterocycles. The van der Waals surface area contributed by atoms with E-state index in [9.17, 15) is 10.2 Å². The molecule has 162 valence electrons. The van der Waals surface area contributed by atoms with Gasteiger partial charge in [-0.2, -0.15) is 0 Å². The Kier molecular flexibility index (Phi) is 4.65. The SMILES string of the molecule is COC1(OC)CCC2=C(CC[C@@H]3[C@@H]2CC[C@@]2(C)[C@H]3CC3(CC3)[C@@]2(O)/C=C\CO)C1. The van der Waals surface area contributed by atoms with Crippen LogP contribution in [0.2, 0.25) is 0 Å². The highest BCUT2D eigenvalue weighted by Crippen LogP contribution is 2.76. The highest BCUT2D eigenvalue weighted by molar-refractivity contribution is 5.34. The Morgan fingerprint density at radius 1 is 1.07 bits per heavy atom. The Morgan fingerprint density at radius 3 is 2.48 bits per heavy atom. The molecule has 0 amide bonds. The van der Waals surface area contributed by atoms with E-state index >= 15 is 0 Å². The van der Waals surface area contributed by atoms with E-state index in [-0.39, 0.29) is 17.4 Å². The average molecular weight is 403 g/mol. The molecule has 29 heavy (non-hydrogen) atoms. The second-order valence-electron chi connectivity index (χ2n) is 10.8. The third-order valence-corrected chi connectivity index (χ3v) is 10.1. The summed E-state index contributed by atoms with van der Waals surface area (Å²) < 4.78 is 11.6. The Balaban J connectivity index is 1.46. The van der Waals surface area contributed by atoms with Gasteiger partial charge in [-0.1, -0.05) is 30.2 Å². The van der Waals surface area contributed by atoms with Crippen LogP contribution in [-0.2, 0) is 9.47 Å². The standard InChI is InChI=1S/C25H38O4/c1-22-10-7-19-18-8-11-24(28-2,29-3)15-17(18)5-6-20(19)21(22)16-23(12-13-23)25(22,27)9-4-14-26/h4,9,19-21,26-27H,5-8,10-16H2,1-3H3/b9-4-/t19-,20-,21+,22+,25-/m1/s1. The van der Waals surface area contributed by atoms with Crippen molar-refractivity contribution in [2.24, 2.45) is 28.6 Å². The molecule has 0 radical (unpaired) electrons. The predicted molar refractivity (Wildman–Crippen MR) is 112 cm³/mol. The second-order valence-corrected chi connectivity index (χ2v) is 10.8. The third-order valence-electron chi connectivity index (χ3n) is 10.1. The highest BCUT2D eigenvalue weighted by Gasteiger charge is 2.74. The monoisotopic (exact) mass is 402 g/mol. The molecule has 0 aromatic rings. The van der Waals surface area contributed by atoms with Gasteiger partial charge in [-0.25, -0.2) is 0 Å². The normalized spacial score (nSPS) is 44.7. The predicted octanol–water partition coefficient (Wildman–Crippen LogP) is 4.36. The molecular weight excluding hydrogens is 364 g/mol. The van der Waals surface area contributed by atoms with Crippen molar-refractivity contribution in [2.75, 3.05) is 20.8 Å². The molecule has 0 aromatic heterocycles. The molecule has 3 saturated carbocycles. The minimum atomic E-state index is -0.749. The summed E-state index contributed by atoms with van der Waals surface area (Å²) >= 11 is 0. The van der Waals surface area contributed by atoms with Crippen molar-refractivity contribution < 1.29 is 19.7 Å². The van der Waals surface area contributed by atoms with Gasteiger partial charge >= 0.3 is 0 Å². The number of aliphatic hydroxyl groups excluding tert-OH is 1. The Labute approximate surface area is 175 Å². The van der Waals surface area contributed by atoms with Crippen molar-refractivity contribution >= 4 is 0 Å². The molecule has 3 fully saturated rings. The van der Waals surface area contributed by atoms with Crippen molar-refractivity contribution in [3.05, 3.63) is 23.3 Å². The van der Waals surface area contributed by atoms with Crippen LogP contribution in [0.5, 0.6) is 0 Å². The summed E-state index contributed by atoms with van der Waals surface area (Å²) in [6.07, 6.45) is 14.9. The molecule has 1 spiro atoms. The van der Waals surface area contributed by atoms with E-state index in [0.717, 1.165) is 44.9 Å². The number of methoxy groups -OCH3 is 2.